The minimum atomic E-state index is 0.342. The number of aromatic nitrogens is 2. The van der Waals surface area contributed by atoms with Crippen LogP contribution in [0.5, 0.6) is 0 Å². The molecule has 0 spiro atoms. The van der Waals surface area contributed by atoms with E-state index in [1.54, 1.807) is 0 Å². The Balaban J connectivity index is 1.70. The van der Waals surface area contributed by atoms with Crippen molar-refractivity contribution in [1.29, 1.82) is 0 Å². The number of benzene rings is 1. The lowest BCUT2D eigenvalue weighted by Gasteiger charge is -2.13. The van der Waals surface area contributed by atoms with Gasteiger partial charge in [-0.1, -0.05) is 18.2 Å². The van der Waals surface area contributed by atoms with Crippen LogP contribution < -0.4 is 5.73 Å². The third kappa shape index (κ3) is 2.44. The molecule has 4 nitrogen and oxygen atoms in total. The van der Waals surface area contributed by atoms with Crippen LogP contribution in [0.3, 0.4) is 0 Å². The number of rotatable bonds is 3. The third-order valence-electron chi connectivity index (χ3n) is 3.37. The standard InChI is InChI=1S/C14H18N4/c15-13-6-7-17(11-13)9-12-8-16-18(10-12)14-4-2-1-3-5-14/h1-5,8,10,13H,6-7,9,11,15H2/t13-/m1/s1. The first kappa shape index (κ1) is 11.4. The van der Waals surface area contributed by atoms with E-state index in [4.69, 9.17) is 5.73 Å². The van der Waals surface area contributed by atoms with Crippen molar-refractivity contribution in [2.24, 2.45) is 5.73 Å². The fourth-order valence-electron chi connectivity index (χ4n) is 2.43. The number of hydrogen-bond acceptors (Lipinski definition) is 3. The fraction of sp³-hybridized carbons (Fsp3) is 0.357. The Bertz CT molecular complexity index is 506. The van der Waals surface area contributed by atoms with Crippen LogP contribution in [0.1, 0.15) is 12.0 Å². The molecule has 1 atom stereocenters. The van der Waals surface area contributed by atoms with Crippen molar-refractivity contribution in [3.63, 3.8) is 0 Å². The normalized spacial score (nSPS) is 20.4. The van der Waals surface area contributed by atoms with Crippen molar-refractivity contribution >= 4 is 0 Å². The number of nitrogens with two attached hydrogens (primary N) is 1. The van der Waals surface area contributed by atoms with E-state index in [2.05, 4.69) is 28.3 Å². The van der Waals surface area contributed by atoms with Gasteiger partial charge in [0.2, 0.25) is 0 Å². The highest BCUT2D eigenvalue weighted by Gasteiger charge is 2.19. The summed E-state index contributed by atoms with van der Waals surface area (Å²) in [7, 11) is 0. The summed E-state index contributed by atoms with van der Waals surface area (Å²) in [4.78, 5) is 2.39. The maximum atomic E-state index is 5.91. The second-order valence-electron chi connectivity index (χ2n) is 4.91. The van der Waals surface area contributed by atoms with E-state index in [0.717, 1.165) is 31.7 Å². The van der Waals surface area contributed by atoms with Crippen LogP contribution in [-0.4, -0.2) is 33.8 Å². The van der Waals surface area contributed by atoms with E-state index >= 15 is 0 Å². The largest absolute Gasteiger partial charge is 0.326 e. The van der Waals surface area contributed by atoms with Gasteiger partial charge in [-0.25, -0.2) is 4.68 Å². The minimum Gasteiger partial charge on any atom is -0.326 e. The molecule has 2 aromatic rings. The summed E-state index contributed by atoms with van der Waals surface area (Å²) in [5.41, 5.74) is 8.25. The van der Waals surface area contributed by atoms with Crippen molar-refractivity contribution in [2.45, 2.75) is 19.0 Å². The van der Waals surface area contributed by atoms with Gasteiger partial charge in [0.05, 0.1) is 11.9 Å². The molecule has 0 radical (unpaired) electrons. The number of likely N-dealkylation sites (tertiary alicyclic amines) is 1. The van der Waals surface area contributed by atoms with Gasteiger partial charge in [-0.05, 0) is 18.6 Å². The molecule has 1 fully saturated rings. The molecular formula is C14H18N4. The first-order valence-corrected chi connectivity index (χ1v) is 6.38. The van der Waals surface area contributed by atoms with E-state index in [9.17, 15) is 0 Å². The van der Waals surface area contributed by atoms with E-state index in [-0.39, 0.29) is 0 Å². The predicted molar refractivity (Wildman–Crippen MR) is 71.4 cm³/mol. The molecule has 18 heavy (non-hydrogen) atoms. The van der Waals surface area contributed by atoms with Crippen molar-refractivity contribution < 1.29 is 0 Å². The Morgan fingerprint density at radius 3 is 2.83 bits per heavy atom. The summed E-state index contributed by atoms with van der Waals surface area (Å²) in [6.45, 7) is 3.04. The predicted octanol–water partition coefficient (Wildman–Crippen LogP) is 1.41. The van der Waals surface area contributed by atoms with Gasteiger partial charge in [-0.2, -0.15) is 5.10 Å². The van der Waals surface area contributed by atoms with Crippen molar-refractivity contribution in [3.8, 4) is 5.69 Å². The van der Waals surface area contributed by atoms with Crippen LogP contribution in [0.25, 0.3) is 5.69 Å². The van der Waals surface area contributed by atoms with Gasteiger partial charge in [0.1, 0.15) is 0 Å². The van der Waals surface area contributed by atoms with E-state index in [1.165, 1.54) is 5.56 Å². The summed E-state index contributed by atoms with van der Waals surface area (Å²) < 4.78 is 1.92. The van der Waals surface area contributed by atoms with Crippen LogP contribution in [0, 0.1) is 0 Å². The van der Waals surface area contributed by atoms with Gasteiger partial charge in [0, 0.05) is 37.4 Å². The van der Waals surface area contributed by atoms with E-state index in [1.807, 2.05) is 29.1 Å². The quantitative estimate of drug-likeness (QED) is 0.885. The molecule has 0 unspecified atom stereocenters. The molecule has 94 valence electrons. The molecule has 2 N–H and O–H groups in total. The molecule has 4 heteroatoms. The van der Waals surface area contributed by atoms with Gasteiger partial charge in [-0.3, -0.25) is 4.90 Å². The molecule has 1 aliphatic heterocycles. The molecule has 1 aromatic carbocycles. The summed E-state index contributed by atoms with van der Waals surface area (Å²) in [5, 5.41) is 4.41. The monoisotopic (exact) mass is 242 g/mol. The first-order chi connectivity index (χ1) is 8.81. The highest BCUT2D eigenvalue weighted by Crippen LogP contribution is 2.13. The maximum Gasteiger partial charge on any atom is 0.0645 e. The molecule has 0 bridgehead atoms. The Morgan fingerprint density at radius 1 is 1.28 bits per heavy atom. The second kappa shape index (κ2) is 4.92. The maximum absolute atomic E-state index is 5.91. The smallest absolute Gasteiger partial charge is 0.0645 e. The van der Waals surface area contributed by atoms with Crippen molar-refractivity contribution in [3.05, 3.63) is 48.3 Å². The summed E-state index contributed by atoms with van der Waals surface area (Å²) in [6, 6.07) is 10.5. The van der Waals surface area contributed by atoms with Crippen LogP contribution in [-0.2, 0) is 6.54 Å². The molecule has 1 saturated heterocycles. The minimum absolute atomic E-state index is 0.342. The Morgan fingerprint density at radius 2 is 2.11 bits per heavy atom. The molecule has 0 amide bonds. The van der Waals surface area contributed by atoms with Crippen LogP contribution >= 0.6 is 0 Å². The van der Waals surface area contributed by atoms with Crippen LogP contribution in [0.15, 0.2) is 42.7 Å². The lowest BCUT2D eigenvalue weighted by Crippen LogP contribution is -2.26. The van der Waals surface area contributed by atoms with Gasteiger partial charge in [0.15, 0.2) is 0 Å². The Kier molecular flexibility index (Phi) is 3.13. The second-order valence-corrected chi connectivity index (χ2v) is 4.91. The molecular weight excluding hydrogens is 224 g/mol. The average Bonchev–Trinajstić information content (AvgIpc) is 3.01. The zero-order valence-electron chi connectivity index (χ0n) is 10.4. The third-order valence-corrected chi connectivity index (χ3v) is 3.37. The van der Waals surface area contributed by atoms with Crippen molar-refractivity contribution in [2.75, 3.05) is 13.1 Å². The highest BCUT2D eigenvalue weighted by atomic mass is 15.3. The molecule has 1 aromatic heterocycles. The van der Waals surface area contributed by atoms with Crippen molar-refractivity contribution in [1.82, 2.24) is 14.7 Å². The number of nitrogens with zero attached hydrogens (tertiary/aromatic N) is 3. The Labute approximate surface area is 107 Å². The SMILES string of the molecule is N[C@@H]1CCN(Cc2cnn(-c3ccccc3)c2)C1. The fourth-order valence-corrected chi connectivity index (χ4v) is 2.43. The Hall–Kier alpha value is -1.65. The lowest BCUT2D eigenvalue weighted by atomic mass is 10.3. The lowest BCUT2D eigenvalue weighted by molar-refractivity contribution is 0.327. The zero-order valence-corrected chi connectivity index (χ0v) is 10.4. The summed E-state index contributed by atoms with van der Waals surface area (Å²) in [6.07, 6.45) is 5.14. The molecule has 0 saturated carbocycles. The summed E-state index contributed by atoms with van der Waals surface area (Å²) >= 11 is 0. The highest BCUT2D eigenvalue weighted by molar-refractivity contribution is 5.30. The van der Waals surface area contributed by atoms with Gasteiger partial charge in [-0.15, -0.1) is 0 Å². The molecule has 1 aliphatic rings. The van der Waals surface area contributed by atoms with Crippen LogP contribution in [0.2, 0.25) is 0 Å². The number of hydrogen-bond donors (Lipinski definition) is 1. The topological polar surface area (TPSA) is 47.1 Å². The summed E-state index contributed by atoms with van der Waals surface area (Å²) in [5.74, 6) is 0. The first-order valence-electron chi connectivity index (χ1n) is 6.38. The number of para-hydroxylation sites is 1. The molecule has 3 rings (SSSR count). The van der Waals surface area contributed by atoms with Crippen LogP contribution in [0.4, 0.5) is 0 Å². The zero-order chi connectivity index (χ0) is 12.4. The van der Waals surface area contributed by atoms with Gasteiger partial charge in [0.25, 0.3) is 0 Å². The van der Waals surface area contributed by atoms with Gasteiger partial charge < -0.3 is 5.73 Å². The van der Waals surface area contributed by atoms with Gasteiger partial charge >= 0.3 is 0 Å². The van der Waals surface area contributed by atoms with E-state index in [0.29, 0.717) is 6.04 Å². The average molecular weight is 242 g/mol. The molecule has 2 heterocycles. The molecule has 0 aliphatic carbocycles. The van der Waals surface area contributed by atoms with E-state index < -0.39 is 0 Å².